The molecule has 0 aliphatic heterocycles. The predicted octanol–water partition coefficient (Wildman–Crippen LogP) is 1.65. The monoisotopic (exact) mass is 191 g/mol. The number of pyridine rings is 1. The number of ether oxygens (including phenoxy) is 1. The molecule has 1 heterocycles. The first-order chi connectivity index (χ1) is 6.67. The van der Waals surface area contributed by atoms with Crippen LogP contribution < -0.4 is 10.5 Å². The SMILES string of the molecule is CCC(C#N)Oc1ccc(C)nc1N. The van der Waals surface area contributed by atoms with Crippen molar-refractivity contribution in [2.45, 2.75) is 26.4 Å². The fraction of sp³-hybridized carbons (Fsp3) is 0.400. The molecule has 0 aliphatic rings. The molecule has 0 aliphatic carbocycles. The van der Waals surface area contributed by atoms with E-state index in [1.165, 1.54) is 0 Å². The average Bonchev–Trinajstić information content (AvgIpc) is 2.17. The average molecular weight is 191 g/mol. The normalized spacial score (nSPS) is 11.8. The molecule has 4 nitrogen and oxygen atoms in total. The van der Waals surface area contributed by atoms with E-state index in [0.29, 0.717) is 18.0 Å². The first-order valence-corrected chi connectivity index (χ1v) is 4.46. The van der Waals surface area contributed by atoms with E-state index in [0.717, 1.165) is 5.69 Å². The van der Waals surface area contributed by atoms with Crippen LogP contribution in [0.25, 0.3) is 0 Å². The van der Waals surface area contributed by atoms with Crippen LogP contribution in [0.5, 0.6) is 5.75 Å². The van der Waals surface area contributed by atoms with Gasteiger partial charge in [-0.3, -0.25) is 0 Å². The van der Waals surface area contributed by atoms with Crippen LogP contribution >= 0.6 is 0 Å². The fourth-order valence-corrected chi connectivity index (χ4v) is 1.02. The van der Waals surface area contributed by atoms with Crippen LogP contribution in [0.2, 0.25) is 0 Å². The standard InChI is InChI=1S/C10H13N3O/c1-3-8(6-11)14-9-5-4-7(2)13-10(9)12/h4-5,8H,3H2,1-2H3,(H2,12,13). The largest absolute Gasteiger partial charge is 0.472 e. The lowest BCUT2D eigenvalue weighted by Gasteiger charge is -2.11. The molecule has 1 aromatic rings. The lowest BCUT2D eigenvalue weighted by atomic mass is 10.3. The van der Waals surface area contributed by atoms with Gasteiger partial charge in [0.05, 0.1) is 0 Å². The van der Waals surface area contributed by atoms with Crippen molar-refractivity contribution in [3.05, 3.63) is 17.8 Å². The molecule has 1 aromatic heterocycles. The van der Waals surface area contributed by atoms with E-state index in [1.807, 2.05) is 19.9 Å². The second-order valence-electron chi connectivity index (χ2n) is 2.98. The summed E-state index contributed by atoms with van der Waals surface area (Å²) in [6.07, 6.45) is 0.172. The molecule has 0 saturated heterocycles. The predicted molar refractivity (Wildman–Crippen MR) is 53.7 cm³/mol. The second kappa shape index (κ2) is 4.47. The first kappa shape index (κ1) is 10.3. The minimum Gasteiger partial charge on any atom is -0.472 e. The van der Waals surface area contributed by atoms with Crippen molar-refractivity contribution >= 4 is 5.82 Å². The van der Waals surface area contributed by atoms with Crippen molar-refractivity contribution in [3.8, 4) is 11.8 Å². The third kappa shape index (κ3) is 2.36. The highest BCUT2D eigenvalue weighted by Crippen LogP contribution is 2.20. The summed E-state index contributed by atoms with van der Waals surface area (Å²) in [7, 11) is 0. The summed E-state index contributed by atoms with van der Waals surface area (Å²) < 4.78 is 5.35. The van der Waals surface area contributed by atoms with Gasteiger partial charge in [0, 0.05) is 5.69 Å². The number of aromatic nitrogens is 1. The van der Waals surface area contributed by atoms with Crippen molar-refractivity contribution in [2.75, 3.05) is 5.73 Å². The van der Waals surface area contributed by atoms with Crippen LogP contribution in [0.3, 0.4) is 0 Å². The van der Waals surface area contributed by atoms with Crippen molar-refractivity contribution in [1.82, 2.24) is 4.98 Å². The quantitative estimate of drug-likeness (QED) is 0.788. The van der Waals surface area contributed by atoms with E-state index in [-0.39, 0.29) is 0 Å². The molecule has 1 atom stereocenters. The van der Waals surface area contributed by atoms with Crippen LogP contribution in [0.15, 0.2) is 12.1 Å². The van der Waals surface area contributed by atoms with E-state index < -0.39 is 6.10 Å². The first-order valence-electron chi connectivity index (χ1n) is 4.46. The summed E-state index contributed by atoms with van der Waals surface area (Å²) >= 11 is 0. The molecule has 0 radical (unpaired) electrons. The lowest BCUT2D eigenvalue weighted by molar-refractivity contribution is 0.252. The maximum Gasteiger partial charge on any atom is 0.184 e. The summed E-state index contributed by atoms with van der Waals surface area (Å²) in [5.41, 5.74) is 6.47. The zero-order valence-electron chi connectivity index (χ0n) is 8.32. The van der Waals surface area contributed by atoms with Crippen LogP contribution in [0.4, 0.5) is 5.82 Å². The van der Waals surface area contributed by atoms with Gasteiger partial charge in [0.1, 0.15) is 6.07 Å². The number of nitrogen functional groups attached to an aromatic ring is 1. The van der Waals surface area contributed by atoms with E-state index in [4.69, 9.17) is 15.7 Å². The van der Waals surface area contributed by atoms with E-state index in [9.17, 15) is 0 Å². The maximum absolute atomic E-state index is 8.70. The zero-order valence-corrected chi connectivity index (χ0v) is 8.32. The number of nitriles is 1. The van der Waals surface area contributed by atoms with Crippen LogP contribution in [-0.4, -0.2) is 11.1 Å². The summed E-state index contributed by atoms with van der Waals surface area (Å²) in [4.78, 5) is 4.04. The number of nitrogens with two attached hydrogens (primary N) is 1. The summed E-state index contributed by atoms with van der Waals surface area (Å²) in [5.74, 6) is 0.808. The van der Waals surface area contributed by atoms with Crippen molar-refractivity contribution < 1.29 is 4.74 Å². The number of hydrogen-bond donors (Lipinski definition) is 1. The molecule has 0 aromatic carbocycles. The molecule has 1 rings (SSSR count). The molecule has 14 heavy (non-hydrogen) atoms. The second-order valence-corrected chi connectivity index (χ2v) is 2.98. The zero-order chi connectivity index (χ0) is 10.6. The molecular formula is C10H13N3O. The third-order valence-electron chi connectivity index (χ3n) is 1.81. The lowest BCUT2D eigenvalue weighted by Crippen LogP contribution is -2.13. The van der Waals surface area contributed by atoms with Crippen LogP contribution in [0.1, 0.15) is 19.0 Å². The minimum absolute atomic E-state index is 0.332. The molecule has 0 amide bonds. The Labute approximate surface area is 83.3 Å². The molecule has 1 unspecified atom stereocenters. The smallest absolute Gasteiger partial charge is 0.184 e. The maximum atomic E-state index is 8.70. The molecule has 0 bridgehead atoms. The number of hydrogen-bond acceptors (Lipinski definition) is 4. The Bertz CT molecular complexity index is 357. The molecule has 0 fully saturated rings. The molecular weight excluding hydrogens is 178 g/mol. The van der Waals surface area contributed by atoms with Gasteiger partial charge in [-0.1, -0.05) is 6.92 Å². The van der Waals surface area contributed by atoms with Crippen molar-refractivity contribution in [2.24, 2.45) is 0 Å². The number of anilines is 1. The minimum atomic E-state index is -0.457. The van der Waals surface area contributed by atoms with Gasteiger partial charge < -0.3 is 10.5 Å². The molecule has 2 N–H and O–H groups in total. The molecule has 4 heteroatoms. The van der Waals surface area contributed by atoms with Crippen molar-refractivity contribution in [3.63, 3.8) is 0 Å². The van der Waals surface area contributed by atoms with Crippen LogP contribution in [0, 0.1) is 18.3 Å². The van der Waals surface area contributed by atoms with Gasteiger partial charge in [-0.2, -0.15) is 5.26 Å². The van der Waals surface area contributed by atoms with Crippen molar-refractivity contribution in [1.29, 1.82) is 5.26 Å². The van der Waals surface area contributed by atoms with Gasteiger partial charge >= 0.3 is 0 Å². The Morgan fingerprint density at radius 3 is 2.86 bits per heavy atom. The van der Waals surface area contributed by atoms with Gasteiger partial charge in [0.15, 0.2) is 17.7 Å². The highest BCUT2D eigenvalue weighted by molar-refractivity contribution is 5.46. The van der Waals surface area contributed by atoms with Gasteiger partial charge in [0.25, 0.3) is 0 Å². The number of aryl methyl sites for hydroxylation is 1. The Morgan fingerprint density at radius 2 is 2.36 bits per heavy atom. The van der Waals surface area contributed by atoms with Gasteiger partial charge in [0.2, 0.25) is 0 Å². The Balaban J connectivity index is 2.82. The Hall–Kier alpha value is -1.76. The molecule has 0 spiro atoms. The number of nitrogens with zero attached hydrogens (tertiary/aromatic N) is 2. The summed E-state index contributed by atoms with van der Waals surface area (Å²) in [5, 5.41) is 8.70. The summed E-state index contributed by atoms with van der Waals surface area (Å²) in [6.45, 7) is 3.73. The molecule has 0 saturated carbocycles. The van der Waals surface area contributed by atoms with E-state index in [1.54, 1.807) is 12.1 Å². The van der Waals surface area contributed by atoms with Gasteiger partial charge in [-0.15, -0.1) is 0 Å². The fourth-order valence-electron chi connectivity index (χ4n) is 1.02. The van der Waals surface area contributed by atoms with Gasteiger partial charge in [-0.05, 0) is 25.5 Å². The third-order valence-corrected chi connectivity index (χ3v) is 1.81. The van der Waals surface area contributed by atoms with Crippen LogP contribution in [-0.2, 0) is 0 Å². The Kier molecular flexibility index (Phi) is 3.29. The highest BCUT2D eigenvalue weighted by atomic mass is 16.5. The van der Waals surface area contributed by atoms with Gasteiger partial charge in [-0.25, -0.2) is 4.98 Å². The Morgan fingerprint density at radius 1 is 1.64 bits per heavy atom. The van der Waals surface area contributed by atoms with E-state index in [2.05, 4.69) is 4.98 Å². The highest BCUT2D eigenvalue weighted by Gasteiger charge is 2.09. The molecule has 74 valence electrons. The van der Waals surface area contributed by atoms with E-state index >= 15 is 0 Å². The topological polar surface area (TPSA) is 71.9 Å². The summed E-state index contributed by atoms with van der Waals surface area (Å²) in [6, 6.07) is 5.57. The number of rotatable bonds is 3.